The van der Waals surface area contributed by atoms with Crippen LogP contribution in [0.4, 0.5) is 0 Å². The number of amides is 2. The fraction of sp³-hybridized carbons (Fsp3) is 0.353. The van der Waals surface area contributed by atoms with Crippen molar-refractivity contribution in [3.8, 4) is 0 Å². The highest BCUT2D eigenvalue weighted by Crippen LogP contribution is 2.12. The van der Waals surface area contributed by atoms with Gasteiger partial charge in [0.2, 0.25) is 6.41 Å². The average Bonchev–Trinajstić information content (AvgIpc) is 2.60. The fourth-order valence-electron chi connectivity index (χ4n) is 1.86. The van der Waals surface area contributed by atoms with Crippen LogP contribution < -0.4 is 5.32 Å². The van der Waals surface area contributed by atoms with Gasteiger partial charge in [0.25, 0.3) is 5.91 Å². The number of ether oxygens (including phenoxy) is 2. The van der Waals surface area contributed by atoms with E-state index in [1.54, 1.807) is 36.3 Å². The molecule has 1 unspecified atom stereocenters. The molecule has 0 aliphatic rings. The molecule has 0 aliphatic carbocycles. The molecule has 0 radical (unpaired) electrons. The van der Waals surface area contributed by atoms with E-state index in [0.717, 1.165) is 0 Å². The SMILES string of the molecule is COC(CCN(C)/C=C\C(=O)NC=O)COC(=O)c1cccc(Cl)c1. The second-order valence-electron chi connectivity index (χ2n) is 5.18. The molecule has 0 aliphatic heterocycles. The molecule has 0 saturated heterocycles. The quantitative estimate of drug-likeness (QED) is 0.384. The molecular formula is C17H21ClN2O5. The number of carbonyl (C=O) groups is 3. The van der Waals surface area contributed by atoms with E-state index in [2.05, 4.69) is 0 Å². The van der Waals surface area contributed by atoms with E-state index < -0.39 is 11.9 Å². The molecule has 0 fully saturated rings. The molecule has 7 nitrogen and oxygen atoms in total. The summed E-state index contributed by atoms with van der Waals surface area (Å²) in [7, 11) is 3.31. The van der Waals surface area contributed by atoms with Gasteiger partial charge in [-0.25, -0.2) is 4.79 Å². The van der Waals surface area contributed by atoms with E-state index in [1.165, 1.54) is 19.3 Å². The topological polar surface area (TPSA) is 84.9 Å². The number of nitrogens with zero attached hydrogens (tertiary/aromatic N) is 1. The lowest BCUT2D eigenvalue weighted by atomic mass is 10.2. The van der Waals surface area contributed by atoms with Crippen LogP contribution in [0.25, 0.3) is 0 Å². The molecule has 136 valence electrons. The lowest BCUT2D eigenvalue weighted by Crippen LogP contribution is -2.26. The first-order valence-electron chi connectivity index (χ1n) is 7.54. The van der Waals surface area contributed by atoms with Crippen LogP contribution >= 0.6 is 11.6 Å². The van der Waals surface area contributed by atoms with Gasteiger partial charge in [-0.1, -0.05) is 17.7 Å². The van der Waals surface area contributed by atoms with Gasteiger partial charge < -0.3 is 14.4 Å². The molecule has 2 amide bonds. The number of nitrogens with one attached hydrogen (secondary N) is 1. The zero-order valence-corrected chi connectivity index (χ0v) is 14.9. The number of rotatable bonds is 10. The van der Waals surface area contributed by atoms with Gasteiger partial charge in [-0.05, 0) is 24.6 Å². The van der Waals surface area contributed by atoms with Gasteiger partial charge in [0, 0.05) is 38.0 Å². The molecule has 1 atom stereocenters. The van der Waals surface area contributed by atoms with Gasteiger partial charge in [0.1, 0.15) is 6.61 Å². The van der Waals surface area contributed by atoms with E-state index in [-0.39, 0.29) is 12.7 Å². The summed E-state index contributed by atoms with van der Waals surface area (Å²) >= 11 is 5.84. The molecule has 1 aromatic rings. The fourth-order valence-corrected chi connectivity index (χ4v) is 2.05. The van der Waals surface area contributed by atoms with Crippen LogP contribution in [0.1, 0.15) is 16.8 Å². The number of carbonyl (C=O) groups excluding carboxylic acids is 3. The van der Waals surface area contributed by atoms with Crippen LogP contribution in [0.2, 0.25) is 5.02 Å². The molecule has 1 N–H and O–H groups in total. The lowest BCUT2D eigenvalue weighted by Gasteiger charge is -2.19. The minimum atomic E-state index is -0.499. The molecule has 8 heteroatoms. The summed E-state index contributed by atoms with van der Waals surface area (Å²) in [4.78, 5) is 35.0. The third-order valence-corrected chi connectivity index (χ3v) is 3.51. The zero-order chi connectivity index (χ0) is 18.7. The van der Waals surface area contributed by atoms with Crippen molar-refractivity contribution in [1.29, 1.82) is 0 Å². The Bertz CT molecular complexity index is 621. The summed E-state index contributed by atoms with van der Waals surface area (Å²) in [6.07, 6.45) is 3.40. The predicted octanol–water partition coefficient (Wildman–Crippen LogP) is 1.62. The Morgan fingerprint density at radius 3 is 2.80 bits per heavy atom. The van der Waals surface area contributed by atoms with Gasteiger partial charge >= 0.3 is 5.97 Å². The van der Waals surface area contributed by atoms with Gasteiger partial charge in [-0.3, -0.25) is 14.9 Å². The van der Waals surface area contributed by atoms with Crippen molar-refractivity contribution in [2.45, 2.75) is 12.5 Å². The molecule has 0 spiro atoms. The number of benzene rings is 1. The van der Waals surface area contributed by atoms with E-state index in [4.69, 9.17) is 21.1 Å². The molecule has 1 rings (SSSR count). The maximum Gasteiger partial charge on any atom is 0.338 e. The molecule has 1 aromatic carbocycles. The Balaban J connectivity index is 2.40. The maximum absolute atomic E-state index is 12.0. The Kier molecular flexibility index (Phi) is 9.28. The molecular weight excluding hydrogens is 348 g/mol. The van der Waals surface area contributed by atoms with Crippen LogP contribution in [0.15, 0.2) is 36.5 Å². The molecule has 0 bridgehead atoms. The largest absolute Gasteiger partial charge is 0.459 e. The Morgan fingerprint density at radius 1 is 1.40 bits per heavy atom. The van der Waals surface area contributed by atoms with E-state index in [1.807, 2.05) is 5.32 Å². The van der Waals surface area contributed by atoms with Crippen molar-refractivity contribution in [1.82, 2.24) is 10.2 Å². The van der Waals surface area contributed by atoms with Crippen LogP contribution in [0, 0.1) is 0 Å². The van der Waals surface area contributed by atoms with Crippen LogP contribution in [0.5, 0.6) is 0 Å². The third-order valence-electron chi connectivity index (χ3n) is 3.28. The van der Waals surface area contributed by atoms with E-state index in [9.17, 15) is 14.4 Å². The summed E-state index contributed by atoms with van der Waals surface area (Å²) in [5.41, 5.74) is 0.378. The third kappa shape index (κ3) is 8.32. The Hall–Kier alpha value is -2.38. The van der Waals surface area contributed by atoms with Crippen molar-refractivity contribution in [2.75, 3.05) is 27.3 Å². The maximum atomic E-state index is 12.0. The van der Waals surface area contributed by atoms with Gasteiger partial charge in [0.15, 0.2) is 0 Å². The van der Waals surface area contributed by atoms with Crippen molar-refractivity contribution in [3.63, 3.8) is 0 Å². The molecule has 0 heterocycles. The summed E-state index contributed by atoms with van der Waals surface area (Å²) in [6.45, 7) is 0.670. The Labute approximate surface area is 151 Å². The number of esters is 1. The summed E-state index contributed by atoms with van der Waals surface area (Å²) < 4.78 is 10.5. The number of halogens is 1. The minimum absolute atomic E-state index is 0.102. The number of hydrogen-bond acceptors (Lipinski definition) is 6. The summed E-state index contributed by atoms with van der Waals surface area (Å²) in [5, 5.41) is 2.47. The first-order chi connectivity index (χ1) is 12.0. The number of methoxy groups -OCH3 is 1. The predicted molar refractivity (Wildman–Crippen MR) is 93.1 cm³/mol. The molecule has 0 saturated carbocycles. The van der Waals surface area contributed by atoms with Crippen molar-refractivity contribution < 1.29 is 23.9 Å². The van der Waals surface area contributed by atoms with E-state index >= 15 is 0 Å². The highest BCUT2D eigenvalue weighted by Gasteiger charge is 2.13. The highest BCUT2D eigenvalue weighted by atomic mass is 35.5. The molecule has 0 aromatic heterocycles. The van der Waals surface area contributed by atoms with Crippen LogP contribution in [-0.2, 0) is 19.1 Å². The van der Waals surface area contributed by atoms with Crippen molar-refractivity contribution >= 4 is 29.9 Å². The standard InChI is InChI=1S/C17H21ClN2O5/c1-20(9-7-16(22)19-12-21)8-6-15(24-2)11-25-17(23)13-4-3-5-14(18)10-13/h3-5,7,9-10,12,15H,6,8,11H2,1-2H3,(H,19,21,22)/b9-7-. The average molecular weight is 369 g/mol. The van der Waals surface area contributed by atoms with Crippen molar-refractivity contribution in [2.24, 2.45) is 0 Å². The van der Waals surface area contributed by atoms with Crippen LogP contribution in [0.3, 0.4) is 0 Å². The minimum Gasteiger partial charge on any atom is -0.459 e. The van der Waals surface area contributed by atoms with Gasteiger partial charge in [0.05, 0.1) is 11.7 Å². The number of imide groups is 1. The molecule has 25 heavy (non-hydrogen) atoms. The van der Waals surface area contributed by atoms with Crippen molar-refractivity contribution in [3.05, 3.63) is 47.1 Å². The summed E-state index contributed by atoms with van der Waals surface area (Å²) in [6, 6.07) is 6.51. The van der Waals surface area contributed by atoms with Crippen LogP contribution in [-0.4, -0.2) is 56.6 Å². The van der Waals surface area contributed by atoms with E-state index in [0.29, 0.717) is 30.0 Å². The second-order valence-corrected chi connectivity index (χ2v) is 5.61. The monoisotopic (exact) mass is 368 g/mol. The highest BCUT2D eigenvalue weighted by molar-refractivity contribution is 6.30. The Morgan fingerprint density at radius 2 is 2.16 bits per heavy atom. The normalized spacial score (nSPS) is 11.8. The summed E-state index contributed by atoms with van der Waals surface area (Å²) in [5.74, 6) is -0.969. The number of hydrogen-bond donors (Lipinski definition) is 1. The van der Waals surface area contributed by atoms with Gasteiger partial charge in [-0.2, -0.15) is 0 Å². The zero-order valence-electron chi connectivity index (χ0n) is 14.1. The second kappa shape index (κ2) is 11.2. The van der Waals surface area contributed by atoms with Gasteiger partial charge in [-0.15, -0.1) is 0 Å². The first kappa shape index (κ1) is 20.7. The first-order valence-corrected chi connectivity index (χ1v) is 7.92. The lowest BCUT2D eigenvalue weighted by molar-refractivity contribution is -0.121. The smallest absolute Gasteiger partial charge is 0.338 e.